The number of Topliss-reactive ketones (excluding diaryl/α,β-unsaturated/α-hetero) is 1. The third kappa shape index (κ3) is 2.78. The lowest BCUT2D eigenvalue weighted by atomic mass is 9.47. The molecule has 5 aliphatic rings. The molecule has 7 rings (SSSR count). The van der Waals surface area contributed by atoms with Crippen LogP contribution in [0.3, 0.4) is 0 Å². The average Bonchev–Trinajstić information content (AvgIpc) is 3.57. The molecule has 3 fully saturated rings. The number of hydrogen-bond donors (Lipinski definition) is 3. The number of aliphatic hydroxyl groups is 1. The first-order chi connectivity index (χ1) is 16.8. The standard InChI is InChI=1S/C27H29N3O5/c1-14-2-7-20(28-12-14)29-25(33)17-11-27(34)19-10-16-5-6-18(31)23-21(16)26(27,24(35-23)22(17)32)8-9-30(19)13-15-3-4-15/h2,5-7,12,15,17,19,24,31,34H,3-4,8-11,13H2,1H3,(H,28,29,33)/t17?,19-,24+,26+,27-/m1/s1. The summed E-state index contributed by atoms with van der Waals surface area (Å²) in [6.07, 6.45) is 4.26. The fourth-order valence-corrected chi connectivity index (χ4v) is 7.28. The van der Waals surface area contributed by atoms with E-state index in [4.69, 9.17) is 4.74 Å². The van der Waals surface area contributed by atoms with Crippen LogP contribution in [-0.4, -0.2) is 62.6 Å². The first-order valence-electron chi connectivity index (χ1n) is 12.6. The van der Waals surface area contributed by atoms with Crippen molar-refractivity contribution < 1.29 is 24.5 Å². The summed E-state index contributed by atoms with van der Waals surface area (Å²) in [6, 6.07) is 6.85. The Labute approximate surface area is 203 Å². The third-order valence-electron chi connectivity index (χ3n) is 9.11. The van der Waals surface area contributed by atoms with Gasteiger partial charge in [0.2, 0.25) is 5.91 Å². The molecular weight excluding hydrogens is 446 g/mol. The number of nitrogens with one attached hydrogen (secondary N) is 1. The number of likely N-dealkylation sites (tertiary alicyclic amines) is 1. The van der Waals surface area contributed by atoms with E-state index in [2.05, 4.69) is 15.2 Å². The van der Waals surface area contributed by atoms with Crippen molar-refractivity contribution in [1.29, 1.82) is 0 Å². The summed E-state index contributed by atoms with van der Waals surface area (Å²) in [4.78, 5) is 33.9. The van der Waals surface area contributed by atoms with Crippen molar-refractivity contribution in [3.63, 3.8) is 0 Å². The zero-order valence-corrected chi connectivity index (χ0v) is 19.7. The Bertz CT molecular complexity index is 1260. The molecule has 2 saturated carbocycles. The van der Waals surface area contributed by atoms with Crippen LogP contribution in [-0.2, 0) is 21.4 Å². The van der Waals surface area contributed by atoms with Gasteiger partial charge in [0.25, 0.3) is 0 Å². The van der Waals surface area contributed by atoms with Crippen LogP contribution < -0.4 is 10.1 Å². The van der Waals surface area contributed by atoms with E-state index >= 15 is 0 Å². The number of phenolic OH excluding ortho intramolecular Hbond substituents is 1. The number of ketones is 1. The number of ether oxygens (including phenoxy) is 1. The lowest BCUT2D eigenvalue weighted by Crippen LogP contribution is -2.78. The van der Waals surface area contributed by atoms with Crippen molar-refractivity contribution in [2.45, 2.75) is 62.2 Å². The number of carbonyl (C=O) groups is 2. The Morgan fingerprint density at radius 3 is 2.86 bits per heavy atom. The van der Waals surface area contributed by atoms with Crippen LogP contribution in [0.15, 0.2) is 30.5 Å². The van der Waals surface area contributed by atoms with Gasteiger partial charge in [-0.2, -0.15) is 0 Å². The highest BCUT2D eigenvalue weighted by Crippen LogP contribution is 2.65. The topological polar surface area (TPSA) is 112 Å². The van der Waals surface area contributed by atoms with Gasteiger partial charge in [-0.15, -0.1) is 0 Å². The van der Waals surface area contributed by atoms with Gasteiger partial charge in [-0.3, -0.25) is 14.5 Å². The minimum absolute atomic E-state index is 0.0219. The average molecular weight is 476 g/mol. The Balaban J connectivity index is 1.32. The Morgan fingerprint density at radius 2 is 2.11 bits per heavy atom. The highest BCUT2D eigenvalue weighted by molar-refractivity contribution is 6.10. The number of phenols is 1. The number of anilines is 1. The molecule has 2 aromatic rings. The fourth-order valence-electron chi connectivity index (χ4n) is 7.28. The molecule has 1 aromatic carbocycles. The molecule has 0 radical (unpaired) electrons. The van der Waals surface area contributed by atoms with Gasteiger partial charge in [-0.05, 0) is 74.8 Å². The Kier molecular flexibility index (Phi) is 4.29. The van der Waals surface area contributed by atoms with Crippen molar-refractivity contribution >= 4 is 17.5 Å². The second kappa shape index (κ2) is 7.04. The van der Waals surface area contributed by atoms with Crippen molar-refractivity contribution in [3.8, 4) is 11.5 Å². The van der Waals surface area contributed by atoms with Gasteiger partial charge >= 0.3 is 0 Å². The van der Waals surface area contributed by atoms with Crippen molar-refractivity contribution in [3.05, 3.63) is 47.2 Å². The molecule has 182 valence electrons. The second-order valence-corrected chi connectivity index (χ2v) is 11.1. The summed E-state index contributed by atoms with van der Waals surface area (Å²) >= 11 is 0. The summed E-state index contributed by atoms with van der Waals surface area (Å²) in [7, 11) is 0. The van der Waals surface area contributed by atoms with Gasteiger partial charge in [-0.25, -0.2) is 4.98 Å². The summed E-state index contributed by atoms with van der Waals surface area (Å²) in [6.45, 7) is 3.59. The van der Waals surface area contributed by atoms with E-state index in [1.807, 2.05) is 19.1 Å². The molecule has 2 bridgehead atoms. The zero-order valence-electron chi connectivity index (χ0n) is 19.7. The number of piperidine rings is 1. The maximum absolute atomic E-state index is 13.8. The highest BCUT2D eigenvalue weighted by Gasteiger charge is 2.75. The summed E-state index contributed by atoms with van der Waals surface area (Å²) in [5.41, 5.74) is 0.490. The van der Waals surface area contributed by atoms with Crippen molar-refractivity contribution in [2.24, 2.45) is 11.8 Å². The van der Waals surface area contributed by atoms with Gasteiger partial charge < -0.3 is 20.3 Å². The smallest absolute Gasteiger partial charge is 0.236 e. The molecule has 3 aliphatic carbocycles. The third-order valence-corrected chi connectivity index (χ3v) is 9.11. The molecule has 35 heavy (non-hydrogen) atoms. The number of pyridine rings is 1. The van der Waals surface area contributed by atoms with Gasteiger partial charge in [0.1, 0.15) is 11.7 Å². The second-order valence-electron chi connectivity index (χ2n) is 11.1. The predicted molar refractivity (Wildman–Crippen MR) is 126 cm³/mol. The number of aryl methyl sites for hydroxylation is 1. The number of carbonyl (C=O) groups excluding carboxylic acids is 2. The van der Waals surface area contributed by atoms with Crippen LogP contribution in [0.5, 0.6) is 11.5 Å². The molecule has 1 spiro atoms. The van der Waals surface area contributed by atoms with Crippen LogP contribution in [0.4, 0.5) is 5.82 Å². The van der Waals surface area contributed by atoms with E-state index in [0.717, 1.165) is 29.8 Å². The van der Waals surface area contributed by atoms with Gasteiger partial charge in [-0.1, -0.05) is 12.1 Å². The lowest BCUT2D eigenvalue weighted by molar-refractivity contribution is -0.197. The minimum atomic E-state index is -1.33. The molecule has 1 aromatic heterocycles. The predicted octanol–water partition coefficient (Wildman–Crippen LogP) is 2.09. The minimum Gasteiger partial charge on any atom is -0.504 e. The Hall–Kier alpha value is -2.97. The quantitative estimate of drug-likeness (QED) is 0.581. The number of aromatic nitrogens is 1. The maximum atomic E-state index is 13.8. The van der Waals surface area contributed by atoms with Crippen molar-refractivity contribution in [1.82, 2.24) is 9.88 Å². The molecule has 1 saturated heterocycles. The summed E-state index contributed by atoms with van der Waals surface area (Å²) in [5, 5.41) is 26.0. The number of hydrogen-bond acceptors (Lipinski definition) is 7. The molecule has 3 N–H and O–H groups in total. The van der Waals surface area contributed by atoms with E-state index in [1.54, 1.807) is 18.3 Å². The van der Waals surface area contributed by atoms with E-state index in [1.165, 1.54) is 12.8 Å². The monoisotopic (exact) mass is 475 g/mol. The number of benzene rings is 1. The van der Waals surface area contributed by atoms with Gasteiger partial charge in [0.05, 0.1) is 11.0 Å². The molecule has 8 nitrogen and oxygen atoms in total. The van der Waals surface area contributed by atoms with Gasteiger partial charge in [0.15, 0.2) is 23.4 Å². The summed E-state index contributed by atoms with van der Waals surface area (Å²) < 4.78 is 6.19. The first kappa shape index (κ1) is 21.3. The molecule has 1 amide bonds. The number of rotatable bonds is 4. The van der Waals surface area contributed by atoms with Crippen LogP contribution in [0.25, 0.3) is 0 Å². The van der Waals surface area contributed by atoms with Gasteiger partial charge in [0, 0.05) is 24.3 Å². The van der Waals surface area contributed by atoms with E-state index in [-0.39, 0.29) is 24.0 Å². The fraction of sp³-hybridized carbons (Fsp3) is 0.519. The van der Waals surface area contributed by atoms with Crippen LogP contribution in [0.2, 0.25) is 0 Å². The Morgan fingerprint density at radius 1 is 1.29 bits per heavy atom. The van der Waals surface area contributed by atoms with Crippen LogP contribution >= 0.6 is 0 Å². The molecule has 1 unspecified atom stereocenters. The zero-order chi connectivity index (χ0) is 24.1. The van der Waals surface area contributed by atoms with E-state index < -0.39 is 28.9 Å². The summed E-state index contributed by atoms with van der Waals surface area (Å²) in [5.74, 6) is -0.579. The highest BCUT2D eigenvalue weighted by atomic mass is 16.5. The number of aromatic hydroxyl groups is 1. The molecular formula is C27H29N3O5. The largest absolute Gasteiger partial charge is 0.504 e. The first-order valence-corrected chi connectivity index (χ1v) is 12.6. The molecule has 2 aliphatic heterocycles. The number of amides is 1. The lowest BCUT2D eigenvalue weighted by Gasteiger charge is -2.63. The maximum Gasteiger partial charge on any atom is 0.236 e. The van der Waals surface area contributed by atoms with E-state index in [0.29, 0.717) is 30.3 Å². The molecule has 3 heterocycles. The van der Waals surface area contributed by atoms with Crippen LogP contribution in [0, 0.1) is 18.8 Å². The van der Waals surface area contributed by atoms with E-state index in [9.17, 15) is 19.8 Å². The SMILES string of the molecule is Cc1ccc(NC(=O)C2C[C@@]3(O)[C@H]4Cc5ccc(O)c6c5[C@@]3(CCN4CC3CC3)[C@@H](O6)C2=O)nc1. The van der Waals surface area contributed by atoms with Crippen LogP contribution in [0.1, 0.15) is 42.4 Å². The number of nitrogens with zero attached hydrogens (tertiary/aromatic N) is 2. The van der Waals surface area contributed by atoms with Crippen molar-refractivity contribution in [2.75, 3.05) is 18.4 Å². The molecule has 8 heteroatoms. The normalized spacial score (nSPS) is 34.8. The molecule has 5 atom stereocenters.